The smallest absolute Gasteiger partial charge is 0.213 e. The monoisotopic (exact) mass is 494 g/mol. The molecule has 0 atom stereocenters. The van der Waals surface area contributed by atoms with E-state index < -0.39 is 0 Å². The van der Waals surface area contributed by atoms with Crippen LogP contribution in [0.15, 0.2) is 47.5 Å². The van der Waals surface area contributed by atoms with Crippen LogP contribution in [0, 0.1) is 6.92 Å². The van der Waals surface area contributed by atoms with E-state index in [1.807, 2.05) is 24.3 Å². The second-order valence-corrected chi connectivity index (χ2v) is 6.18. The minimum atomic E-state index is 0. The molecule has 0 unspecified atom stereocenters. The SMILES string of the molecule is CN=C(NCCCn1c(C)nc2ccccc21)NCc1cccc(OC)n1.I. The van der Waals surface area contributed by atoms with E-state index >= 15 is 0 Å². The third-order valence-electron chi connectivity index (χ3n) is 4.35. The number of imidazole rings is 1. The van der Waals surface area contributed by atoms with Crippen LogP contribution in [0.5, 0.6) is 5.88 Å². The van der Waals surface area contributed by atoms with E-state index in [-0.39, 0.29) is 24.0 Å². The molecule has 0 spiro atoms. The number of pyridine rings is 1. The molecule has 2 N–H and O–H groups in total. The van der Waals surface area contributed by atoms with Gasteiger partial charge in [-0.15, -0.1) is 24.0 Å². The van der Waals surface area contributed by atoms with Crippen molar-refractivity contribution in [2.75, 3.05) is 20.7 Å². The first-order valence-corrected chi connectivity index (χ1v) is 9.07. The normalized spacial score (nSPS) is 11.2. The van der Waals surface area contributed by atoms with Crippen LogP contribution in [0.3, 0.4) is 0 Å². The second kappa shape index (κ2) is 10.8. The number of hydrogen-bond acceptors (Lipinski definition) is 4. The van der Waals surface area contributed by atoms with Gasteiger partial charge in [0.05, 0.1) is 30.4 Å². The van der Waals surface area contributed by atoms with Gasteiger partial charge in [-0.25, -0.2) is 9.97 Å². The van der Waals surface area contributed by atoms with Crippen molar-refractivity contribution in [2.45, 2.75) is 26.4 Å². The standard InChI is InChI=1S/C20H26N6O.HI/c1-15-24-17-9-4-5-10-18(17)26(15)13-7-12-22-20(21-2)23-14-16-8-6-11-19(25-16)27-3;/h4-6,8-11H,7,12-14H2,1-3H3,(H2,21,22,23);1H. The fourth-order valence-electron chi connectivity index (χ4n) is 2.99. The van der Waals surface area contributed by atoms with Gasteiger partial charge < -0.3 is 19.9 Å². The molecule has 7 nitrogen and oxygen atoms in total. The molecule has 0 saturated heterocycles. The number of aliphatic imine (C=N–C) groups is 1. The highest BCUT2D eigenvalue weighted by molar-refractivity contribution is 14.0. The number of halogens is 1. The summed E-state index contributed by atoms with van der Waals surface area (Å²) in [4.78, 5) is 13.3. The van der Waals surface area contributed by atoms with Gasteiger partial charge in [0.15, 0.2) is 5.96 Å². The van der Waals surface area contributed by atoms with Crippen molar-refractivity contribution in [3.8, 4) is 5.88 Å². The number of guanidine groups is 1. The maximum absolute atomic E-state index is 5.15. The van der Waals surface area contributed by atoms with Crippen LogP contribution in [0.25, 0.3) is 11.0 Å². The number of para-hydroxylation sites is 2. The summed E-state index contributed by atoms with van der Waals surface area (Å²) in [5.41, 5.74) is 3.13. The molecule has 2 aromatic heterocycles. The van der Waals surface area contributed by atoms with E-state index in [4.69, 9.17) is 4.74 Å². The zero-order chi connectivity index (χ0) is 19.1. The summed E-state index contributed by atoms with van der Waals surface area (Å²) in [6, 6.07) is 14.0. The molecule has 0 aliphatic rings. The van der Waals surface area contributed by atoms with Crippen LogP contribution in [0.1, 0.15) is 17.9 Å². The number of hydrogen-bond donors (Lipinski definition) is 2. The zero-order valence-electron chi connectivity index (χ0n) is 16.5. The molecular formula is C20H27IN6O. The highest BCUT2D eigenvalue weighted by Gasteiger charge is 2.06. The minimum absolute atomic E-state index is 0. The minimum Gasteiger partial charge on any atom is -0.481 e. The molecule has 28 heavy (non-hydrogen) atoms. The lowest BCUT2D eigenvalue weighted by molar-refractivity contribution is 0.396. The summed E-state index contributed by atoms with van der Waals surface area (Å²) in [5, 5.41) is 6.62. The number of aryl methyl sites for hydroxylation is 2. The average molecular weight is 494 g/mol. The molecular weight excluding hydrogens is 467 g/mol. The third-order valence-corrected chi connectivity index (χ3v) is 4.35. The Balaban J connectivity index is 0.00000280. The molecule has 3 rings (SSSR count). The van der Waals surface area contributed by atoms with Gasteiger partial charge in [0.1, 0.15) is 5.82 Å². The van der Waals surface area contributed by atoms with Gasteiger partial charge in [-0.3, -0.25) is 4.99 Å². The Morgan fingerprint density at radius 1 is 1.11 bits per heavy atom. The Morgan fingerprint density at radius 2 is 1.93 bits per heavy atom. The van der Waals surface area contributed by atoms with Gasteiger partial charge in [0.25, 0.3) is 0 Å². The van der Waals surface area contributed by atoms with Crippen LogP contribution in [0.2, 0.25) is 0 Å². The number of fused-ring (bicyclic) bond motifs is 1. The summed E-state index contributed by atoms with van der Waals surface area (Å²) < 4.78 is 7.41. The van der Waals surface area contributed by atoms with Crippen LogP contribution in [0.4, 0.5) is 0 Å². The van der Waals surface area contributed by atoms with Gasteiger partial charge >= 0.3 is 0 Å². The van der Waals surface area contributed by atoms with E-state index in [1.54, 1.807) is 14.2 Å². The summed E-state index contributed by atoms with van der Waals surface area (Å²) in [7, 11) is 3.38. The topological polar surface area (TPSA) is 76.4 Å². The van der Waals surface area contributed by atoms with E-state index in [2.05, 4.69) is 55.3 Å². The van der Waals surface area contributed by atoms with E-state index in [0.717, 1.165) is 42.5 Å². The van der Waals surface area contributed by atoms with Gasteiger partial charge in [-0.05, 0) is 31.5 Å². The van der Waals surface area contributed by atoms with E-state index in [1.165, 1.54) is 5.52 Å². The highest BCUT2D eigenvalue weighted by Crippen LogP contribution is 2.15. The molecule has 0 bridgehead atoms. The maximum Gasteiger partial charge on any atom is 0.213 e. The van der Waals surface area contributed by atoms with Crippen molar-refractivity contribution in [1.29, 1.82) is 0 Å². The Hall–Kier alpha value is -2.36. The van der Waals surface area contributed by atoms with E-state index in [0.29, 0.717) is 12.4 Å². The molecule has 1 aromatic carbocycles. The van der Waals surface area contributed by atoms with Gasteiger partial charge in [0.2, 0.25) is 5.88 Å². The Kier molecular flexibility index (Phi) is 8.49. The van der Waals surface area contributed by atoms with Gasteiger partial charge in [-0.1, -0.05) is 18.2 Å². The molecule has 0 radical (unpaired) electrons. The predicted molar refractivity (Wildman–Crippen MR) is 123 cm³/mol. The van der Waals surface area contributed by atoms with E-state index in [9.17, 15) is 0 Å². The molecule has 8 heteroatoms. The summed E-state index contributed by atoms with van der Waals surface area (Å²) in [5.74, 6) is 2.41. The van der Waals surface area contributed by atoms with Crippen molar-refractivity contribution in [1.82, 2.24) is 25.2 Å². The number of rotatable bonds is 7. The zero-order valence-corrected chi connectivity index (χ0v) is 18.8. The number of nitrogens with one attached hydrogen (secondary N) is 2. The van der Waals surface area contributed by atoms with Crippen molar-refractivity contribution < 1.29 is 4.74 Å². The third kappa shape index (κ3) is 5.57. The first-order chi connectivity index (χ1) is 13.2. The van der Waals surface area contributed by atoms with Gasteiger partial charge in [0, 0.05) is 26.2 Å². The van der Waals surface area contributed by atoms with Crippen molar-refractivity contribution in [3.63, 3.8) is 0 Å². The van der Waals surface area contributed by atoms with Crippen LogP contribution in [-0.4, -0.2) is 41.2 Å². The number of aromatic nitrogens is 3. The number of methoxy groups -OCH3 is 1. The Labute approximate surface area is 182 Å². The fraction of sp³-hybridized carbons (Fsp3) is 0.350. The lowest BCUT2D eigenvalue weighted by Crippen LogP contribution is -2.37. The molecule has 0 aliphatic heterocycles. The number of nitrogens with zero attached hydrogens (tertiary/aromatic N) is 4. The lowest BCUT2D eigenvalue weighted by Gasteiger charge is -2.13. The van der Waals surface area contributed by atoms with Crippen molar-refractivity contribution in [3.05, 3.63) is 54.0 Å². The predicted octanol–water partition coefficient (Wildman–Crippen LogP) is 3.12. The largest absolute Gasteiger partial charge is 0.481 e. The van der Waals surface area contributed by atoms with Crippen molar-refractivity contribution in [2.24, 2.45) is 4.99 Å². The first kappa shape index (κ1) is 21.9. The molecule has 2 heterocycles. The van der Waals surface area contributed by atoms with Crippen molar-refractivity contribution >= 4 is 41.0 Å². The molecule has 0 aliphatic carbocycles. The molecule has 0 saturated carbocycles. The highest BCUT2D eigenvalue weighted by atomic mass is 127. The number of benzene rings is 1. The lowest BCUT2D eigenvalue weighted by atomic mass is 10.3. The Morgan fingerprint density at radius 3 is 2.71 bits per heavy atom. The average Bonchev–Trinajstić information content (AvgIpc) is 3.02. The Bertz CT molecular complexity index is 924. The summed E-state index contributed by atoms with van der Waals surface area (Å²) >= 11 is 0. The molecule has 3 aromatic rings. The second-order valence-electron chi connectivity index (χ2n) is 6.18. The van der Waals surface area contributed by atoms with Crippen LogP contribution in [-0.2, 0) is 13.1 Å². The van der Waals surface area contributed by atoms with Gasteiger partial charge in [-0.2, -0.15) is 0 Å². The van der Waals surface area contributed by atoms with Crippen LogP contribution >= 0.6 is 24.0 Å². The molecule has 0 fully saturated rings. The fourth-order valence-corrected chi connectivity index (χ4v) is 2.99. The molecule has 150 valence electrons. The maximum atomic E-state index is 5.15. The quantitative estimate of drug-likeness (QED) is 0.229. The van der Waals surface area contributed by atoms with Crippen LogP contribution < -0.4 is 15.4 Å². The first-order valence-electron chi connectivity index (χ1n) is 9.07. The molecule has 0 amide bonds. The summed E-state index contributed by atoms with van der Waals surface area (Å²) in [6.07, 6.45) is 0.972. The number of ether oxygens (including phenoxy) is 1. The summed E-state index contributed by atoms with van der Waals surface area (Å²) in [6.45, 7) is 4.36.